The molecule has 3 aliphatic heterocycles. The molecule has 2 fully saturated rings. The van der Waals surface area contributed by atoms with E-state index in [0.717, 1.165) is 68.3 Å². The van der Waals surface area contributed by atoms with E-state index in [9.17, 15) is 8.78 Å². The first-order valence-electron chi connectivity index (χ1n) is 15.2. The molecule has 1 unspecified atom stereocenters. The van der Waals surface area contributed by atoms with Gasteiger partial charge < -0.3 is 15.1 Å². The average molecular weight is 573 g/mol. The molecule has 2 aromatic carbocycles. The Labute approximate surface area is 242 Å². The molecule has 5 rings (SSSR count). The van der Waals surface area contributed by atoms with E-state index in [-0.39, 0.29) is 11.6 Å². The fourth-order valence-electron chi connectivity index (χ4n) is 7.23. The molecule has 8 heteroatoms. The molecule has 4 nitrogen and oxygen atoms in total. The quantitative estimate of drug-likeness (QED) is 0.338. The van der Waals surface area contributed by atoms with Crippen LogP contribution in [-0.4, -0.2) is 68.6 Å². The van der Waals surface area contributed by atoms with Crippen molar-refractivity contribution in [3.63, 3.8) is 0 Å². The summed E-state index contributed by atoms with van der Waals surface area (Å²) < 4.78 is 59.5. The predicted molar refractivity (Wildman–Crippen MR) is 160 cm³/mol. The van der Waals surface area contributed by atoms with Gasteiger partial charge in [0.1, 0.15) is 11.6 Å². The van der Waals surface area contributed by atoms with Crippen LogP contribution in [0.1, 0.15) is 67.8 Å². The van der Waals surface area contributed by atoms with Gasteiger partial charge in [0.05, 0.1) is 12.6 Å². The number of anilines is 2. The van der Waals surface area contributed by atoms with Crippen LogP contribution in [-0.2, 0) is 6.42 Å². The maximum absolute atomic E-state index is 16.0. The van der Waals surface area contributed by atoms with Crippen molar-refractivity contribution in [2.45, 2.75) is 64.5 Å². The van der Waals surface area contributed by atoms with Crippen LogP contribution in [0.25, 0.3) is 6.08 Å². The van der Waals surface area contributed by atoms with Crippen molar-refractivity contribution in [3.8, 4) is 0 Å². The summed E-state index contributed by atoms with van der Waals surface area (Å²) in [5.74, 6) is 0.0280. The number of fused-ring (bicyclic) bond motifs is 1. The van der Waals surface area contributed by atoms with Gasteiger partial charge in [-0.1, -0.05) is 25.6 Å². The van der Waals surface area contributed by atoms with Gasteiger partial charge in [-0.25, -0.2) is 17.6 Å². The third-order valence-corrected chi connectivity index (χ3v) is 9.62. The Bertz CT molecular complexity index is 1190. The van der Waals surface area contributed by atoms with Crippen molar-refractivity contribution in [1.29, 1.82) is 0 Å². The Morgan fingerprint density at radius 1 is 1.00 bits per heavy atom. The lowest BCUT2D eigenvalue weighted by molar-refractivity contribution is 0.0445. The molecule has 0 spiro atoms. The highest BCUT2D eigenvalue weighted by Gasteiger charge is 2.39. The molecule has 0 radical (unpaired) electrons. The summed E-state index contributed by atoms with van der Waals surface area (Å²) in [6.45, 7) is 12.5. The van der Waals surface area contributed by atoms with Crippen molar-refractivity contribution in [2.75, 3.05) is 56.5 Å². The second-order valence-corrected chi connectivity index (χ2v) is 12.3. The van der Waals surface area contributed by atoms with Crippen LogP contribution in [0.15, 0.2) is 30.8 Å². The van der Waals surface area contributed by atoms with Gasteiger partial charge in [-0.2, -0.15) is 0 Å². The van der Waals surface area contributed by atoms with E-state index >= 15 is 8.78 Å². The van der Waals surface area contributed by atoms with Crippen LogP contribution < -0.4 is 10.2 Å². The highest BCUT2D eigenvalue weighted by Crippen LogP contribution is 2.44. The minimum absolute atomic E-state index is 0.163. The van der Waals surface area contributed by atoms with E-state index < -0.39 is 30.6 Å². The van der Waals surface area contributed by atoms with Crippen LogP contribution in [0.4, 0.5) is 28.9 Å². The number of rotatable bonds is 8. The number of piperidine rings is 2. The molecule has 2 saturated heterocycles. The second kappa shape index (κ2) is 12.7. The summed E-state index contributed by atoms with van der Waals surface area (Å²) in [6.07, 6.45) is 4.08. The van der Waals surface area contributed by atoms with Gasteiger partial charge in [0, 0.05) is 55.2 Å². The average Bonchev–Trinajstić information content (AvgIpc) is 2.95. The SMILES string of the molecule is C=Cc1c(NC)ccc2c1C[C@@H](C)N(CC(F)F)C2c1c(F)cc(N2CCC(CN3CCC(C)CC3)CC2)cc1F. The zero-order valence-corrected chi connectivity index (χ0v) is 24.6. The zero-order valence-electron chi connectivity index (χ0n) is 24.6. The van der Waals surface area contributed by atoms with E-state index in [2.05, 4.69) is 28.6 Å². The minimum atomic E-state index is -2.63. The summed E-state index contributed by atoms with van der Waals surface area (Å²) in [5.41, 5.74) is 3.60. The number of hydrogen-bond donors (Lipinski definition) is 1. The molecule has 3 aliphatic rings. The Kier molecular flexibility index (Phi) is 9.29. The normalized spacial score (nSPS) is 23.2. The molecule has 3 heterocycles. The molecule has 0 saturated carbocycles. The Morgan fingerprint density at radius 3 is 2.24 bits per heavy atom. The topological polar surface area (TPSA) is 21.8 Å². The lowest BCUT2D eigenvalue weighted by atomic mass is 9.81. The summed E-state index contributed by atoms with van der Waals surface area (Å²) in [7, 11) is 1.80. The van der Waals surface area contributed by atoms with E-state index in [4.69, 9.17) is 0 Å². The van der Waals surface area contributed by atoms with Crippen LogP contribution in [0.3, 0.4) is 0 Å². The van der Waals surface area contributed by atoms with Gasteiger partial charge in [0.15, 0.2) is 0 Å². The van der Waals surface area contributed by atoms with Gasteiger partial charge in [0.25, 0.3) is 6.43 Å². The molecule has 0 bridgehead atoms. The largest absolute Gasteiger partial charge is 0.388 e. The summed E-state index contributed by atoms with van der Waals surface area (Å²) >= 11 is 0. The molecule has 2 atom stereocenters. The van der Waals surface area contributed by atoms with Gasteiger partial charge >= 0.3 is 0 Å². The third-order valence-electron chi connectivity index (χ3n) is 9.62. The fourth-order valence-corrected chi connectivity index (χ4v) is 7.23. The highest BCUT2D eigenvalue weighted by molar-refractivity contribution is 5.71. The van der Waals surface area contributed by atoms with Gasteiger partial charge in [0.2, 0.25) is 0 Å². The Balaban J connectivity index is 1.40. The van der Waals surface area contributed by atoms with Crippen molar-refractivity contribution >= 4 is 17.5 Å². The van der Waals surface area contributed by atoms with Gasteiger partial charge in [-0.15, -0.1) is 0 Å². The number of halogens is 4. The minimum Gasteiger partial charge on any atom is -0.388 e. The number of hydrogen-bond acceptors (Lipinski definition) is 4. The number of nitrogens with zero attached hydrogens (tertiary/aromatic N) is 3. The molecule has 1 N–H and O–H groups in total. The molecule has 0 amide bonds. The number of nitrogens with one attached hydrogen (secondary N) is 1. The number of benzene rings is 2. The van der Waals surface area contributed by atoms with Gasteiger partial charge in [-0.3, -0.25) is 4.90 Å². The highest BCUT2D eigenvalue weighted by atomic mass is 19.3. The van der Waals surface area contributed by atoms with Crippen molar-refractivity contribution < 1.29 is 17.6 Å². The van der Waals surface area contributed by atoms with Crippen LogP contribution in [0, 0.1) is 23.5 Å². The second-order valence-electron chi connectivity index (χ2n) is 12.3. The van der Waals surface area contributed by atoms with Crippen molar-refractivity contribution in [2.24, 2.45) is 11.8 Å². The third kappa shape index (κ3) is 6.29. The van der Waals surface area contributed by atoms with Crippen LogP contribution >= 0.6 is 0 Å². The molecule has 0 aromatic heterocycles. The summed E-state index contributed by atoms with van der Waals surface area (Å²) in [5, 5.41) is 3.14. The van der Waals surface area contributed by atoms with E-state index in [1.54, 1.807) is 18.0 Å². The van der Waals surface area contributed by atoms with E-state index in [0.29, 0.717) is 23.6 Å². The maximum atomic E-state index is 16.0. The first-order chi connectivity index (χ1) is 19.7. The zero-order chi connectivity index (χ0) is 29.3. The molecular formula is C33H44F4N4. The summed E-state index contributed by atoms with van der Waals surface area (Å²) in [6, 6.07) is 5.15. The standard InChI is InChI=1S/C33H44F4N4/c1-5-25-27-16-22(3)41(20-31(36)37)33(26(27)6-7-30(25)38-4)32-28(34)17-24(18-29(32)35)40-14-10-23(11-15-40)19-39-12-8-21(2)9-13-39/h5-7,17-18,21-23,31,33,38H,1,8-16,19-20H2,2-4H3/t22-,33?/m1/s1. The molecule has 224 valence electrons. The summed E-state index contributed by atoms with van der Waals surface area (Å²) in [4.78, 5) is 6.18. The van der Waals surface area contributed by atoms with Gasteiger partial charge in [-0.05, 0) is 93.3 Å². The van der Waals surface area contributed by atoms with E-state index in [1.807, 2.05) is 19.1 Å². The predicted octanol–water partition coefficient (Wildman–Crippen LogP) is 7.20. The van der Waals surface area contributed by atoms with Crippen molar-refractivity contribution in [3.05, 3.63) is 64.7 Å². The molecule has 2 aromatic rings. The van der Waals surface area contributed by atoms with E-state index in [1.165, 1.54) is 25.0 Å². The Hall–Kier alpha value is -2.58. The smallest absolute Gasteiger partial charge is 0.251 e. The number of likely N-dealkylation sites (tertiary alicyclic amines) is 1. The maximum Gasteiger partial charge on any atom is 0.251 e. The lowest BCUT2D eigenvalue weighted by Gasteiger charge is -2.43. The molecule has 41 heavy (non-hydrogen) atoms. The van der Waals surface area contributed by atoms with Crippen LogP contribution in [0.5, 0.6) is 0 Å². The first-order valence-corrected chi connectivity index (χ1v) is 15.2. The molecular weight excluding hydrogens is 528 g/mol. The first kappa shape index (κ1) is 29.9. The Morgan fingerprint density at radius 2 is 1.66 bits per heavy atom. The monoisotopic (exact) mass is 572 g/mol. The molecule has 0 aliphatic carbocycles. The fraction of sp³-hybridized carbons (Fsp3) is 0.576. The van der Waals surface area contributed by atoms with Crippen molar-refractivity contribution in [1.82, 2.24) is 9.80 Å². The lowest BCUT2D eigenvalue weighted by Crippen LogP contribution is -2.46. The van der Waals surface area contributed by atoms with Crippen LogP contribution in [0.2, 0.25) is 0 Å². The number of alkyl halides is 2.